The van der Waals surface area contributed by atoms with Crippen LogP contribution in [0.1, 0.15) is 44.1 Å². The van der Waals surface area contributed by atoms with Crippen LogP contribution in [0.15, 0.2) is 16.8 Å². The molecule has 2 fully saturated rings. The van der Waals surface area contributed by atoms with Crippen LogP contribution in [0, 0.1) is 0 Å². The van der Waals surface area contributed by atoms with Crippen LogP contribution in [0.2, 0.25) is 0 Å². The van der Waals surface area contributed by atoms with Crippen molar-refractivity contribution in [1.29, 1.82) is 0 Å². The molecule has 24 heavy (non-hydrogen) atoms. The van der Waals surface area contributed by atoms with Crippen LogP contribution in [0.25, 0.3) is 0 Å². The Bertz CT molecular complexity index is 540. The summed E-state index contributed by atoms with van der Waals surface area (Å²) in [5, 5.41) is 4.13. The molecule has 0 radical (unpaired) electrons. The molecule has 0 aromatic carbocycles. The molecule has 0 N–H and O–H groups in total. The highest BCUT2D eigenvalue weighted by atomic mass is 32.1. The lowest BCUT2D eigenvalue weighted by Crippen LogP contribution is -2.41. The second kappa shape index (κ2) is 8.62. The molecule has 1 unspecified atom stereocenters. The van der Waals surface area contributed by atoms with Gasteiger partial charge in [-0.2, -0.15) is 11.3 Å². The molecule has 1 aromatic heterocycles. The number of carbonyl (C=O) groups excluding carboxylic acids is 2. The number of likely N-dealkylation sites (tertiary alicyclic amines) is 1. The Labute approximate surface area is 147 Å². The molecule has 2 saturated heterocycles. The highest BCUT2D eigenvalue weighted by Crippen LogP contribution is 2.18. The van der Waals surface area contributed by atoms with Gasteiger partial charge in [0.15, 0.2) is 0 Å². The number of nitrogens with zero attached hydrogens (tertiary/aromatic N) is 2. The van der Waals surface area contributed by atoms with E-state index in [1.54, 1.807) is 11.3 Å². The Hall–Kier alpha value is -1.40. The molecule has 0 bridgehead atoms. The first-order valence-corrected chi connectivity index (χ1v) is 9.85. The summed E-state index contributed by atoms with van der Waals surface area (Å²) in [6.45, 7) is 3.43. The van der Waals surface area contributed by atoms with Crippen molar-refractivity contribution in [1.82, 2.24) is 9.80 Å². The topological polar surface area (TPSA) is 49.9 Å². The smallest absolute Gasteiger partial charge is 0.224 e. The second-order valence-corrected chi connectivity index (χ2v) is 7.41. The molecular formula is C18H26N2O3S. The maximum absolute atomic E-state index is 12.7. The van der Waals surface area contributed by atoms with Gasteiger partial charge in [0.1, 0.15) is 0 Å². The zero-order valence-electron chi connectivity index (χ0n) is 14.1. The molecule has 0 saturated carbocycles. The Balaban J connectivity index is 1.55. The van der Waals surface area contributed by atoms with E-state index in [4.69, 9.17) is 4.74 Å². The number of hydrogen-bond acceptors (Lipinski definition) is 4. The Kier molecular flexibility index (Phi) is 6.26. The monoisotopic (exact) mass is 350 g/mol. The van der Waals surface area contributed by atoms with Crippen LogP contribution in [0.3, 0.4) is 0 Å². The summed E-state index contributed by atoms with van der Waals surface area (Å²) < 4.78 is 5.71. The van der Waals surface area contributed by atoms with E-state index in [2.05, 4.69) is 11.4 Å². The van der Waals surface area contributed by atoms with Gasteiger partial charge < -0.3 is 14.5 Å². The zero-order valence-corrected chi connectivity index (χ0v) is 14.9. The van der Waals surface area contributed by atoms with Crippen LogP contribution in [0.4, 0.5) is 0 Å². The molecule has 3 heterocycles. The number of thiophene rings is 1. The van der Waals surface area contributed by atoms with Crippen molar-refractivity contribution in [3.05, 3.63) is 22.4 Å². The molecule has 132 valence electrons. The second-order valence-electron chi connectivity index (χ2n) is 6.63. The molecule has 1 atom stereocenters. The number of carbonyl (C=O) groups is 2. The average Bonchev–Trinajstić information content (AvgIpc) is 3.27. The number of hydrogen-bond donors (Lipinski definition) is 0. The minimum Gasteiger partial charge on any atom is -0.376 e. The van der Waals surface area contributed by atoms with Gasteiger partial charge in [0, 0.05) is 45.6 Å². The summed E-state index contributed by atoms with van der Waals surface area (Å²) in [5.74, 6) is 0.313. The Morgan fingerprint density at radius 2 is 2.29 bits per heavy atom. The minimum absolute atomic E-state index is 0.120. The Morgan fingerprint density at radius 3 is 3.00 bits per heavy atom. The van der Waals surface area contributed by atoms with Crippen LogP contribution in [0.5, 0.6) is 0 Å². The largest absolute Gasteiger partial charge is 0.376 e. The first-order chi connectivity index (χ1) is 11.7. The predicted octanol–water partition coefficient (Wildman–Crippen LogP) is 2.66. The van der Waals surface area contributed by atoms with Crippen molar-refractivity contribution in [2.75, 3.05) is 26.2 Å². The summed E-state index contributed by atoms with van der Waals surface area (Å²) in [4.78, 5) is 28.4. The van der Waals surface area contributed by atoms with Gasteiger partial charge in [0.05, 0.1) is 6.10 Å². The van der Waals surface area contributed by atoms with Crippen molar-refractivity contribution in [2.45, 2.75) is 51.2 Å². The number of ether oxygens (including phenoxy) is 1. The minimum atomic E-state index is 0.120. The van der Waals surface area contributed by atoms with E-state index >= 15 is 0 Å². The maximum Gasteiger partial charge on any atom is 0.224 e. The molecule has 5 nitrogen and oxygen atoms in total. The lowest BCUT2D eigenvalue weighted by atomic mass is 10.1. The van der Waals surface area contributed by atoms with Crippen LogP contribution in [-0.4, -0.2) is 54.0 Å². The quantitative estimate of drug-likeness (QED) is 0.760. The van der Waals surface area contributed by atoms with Gasteiger partial charge in [-0.3, -0.25) is 9.59 Å². The van der Waals surface area contributed by atoms with Gasteiger partial charge in [0.25, 0.3) is 0 Å². The van der Waals surface area contributed by atoms with E-state index in [-0.39, 0.29) is 17.9 Å². The van der Waals surface area contributed by atoms with E-state index in [9.17, 15) is 9.59 Å². The molecule has 2 aliphatic rings. The van der Waals surface area contributed by atoms with E-state index in [0.29, 0.717) is 32.5 Å². The third-order valence-corrected chi connectivity index (χ3v) is 5.50. The van der Waals surface area contributed by atoms with E-state index in [0.717, 1.165) is 38.8 Å². The van der Waals surface area contributed by atoms with Crippen molar-refractivity contribution in [2.24, 2.45) is 0 Å². The third kappa shape index (κ3) is 4.80. The molecular weight excluding hydrogens is 324 g/mol. The molecule has 0 aliphatic carbocycles. The fourth-order valence-electron chi connectivity index (χ4n) is 3.38. The lowest BCUT2D eigenvalue weighted by molar-refractivity contribution is -0.136. The summed E-state index contributed by atoms with van der Waals surface area (Å²) in [5.41, 5.74) is 1.17. The molecule has 1 aromatic rings. The highest BCUT2D eigenvalue weighted by Gasteiger charge is 2.24. The van der Waals surface area contributed by atoms with Crippen molar-refractivity contribution in [3.8, 4) is 0 Å². The summed E-state index contributed by atoms with van der Waals surface area (Å²) in [7, 11) is 0. The van der Waals surface area contributed by atoms with Crippen molar-refractivity contribution >= 4 is 23.2 Å². The zero-order chi connectivity index (χ0) is 16.8. The van der Waals surface area contributed by atoms with Gasteiger partial charge >= 0.3 is 0 Å². The molecule has 2 amide bonds. The predicted molar refractivity (Wildman–Crippen MR) is 93.8 cm³/mol. The van der Waals surface area contributed by atoms with Gasteiger partial charge in [-0.25, -0.2) is 0 Å². The third-order valence-electron chi connectivity index (χ3n) is 4.77. The molecule has 2 aliphatic heterocycles. The molecule has 0 spiro atoms. The fraction of sp³-hybridized carbons (Fsp3) is 0.667. The molecule has 3 rings (SSSR count). The van der Waals surface area contributed by atoms with Gasteiger partial charge in [-0.1, -0.05) is 0 Å². The van der Waals surface area contributed by atoms with Crippen molar-refractivity contribution < 1.29 is 14.3 Å². The average molecular weight is 350 g/mol. The SMILES string of the molecule is O=C1CCCCN1CCC(=O)N(Cc1ccsc1)CC1CCCO1. The lowest BCUT2D eigenvalue weighted by Gasteiger charge is -2.29. The number of amides is 2. The summed E-state index contributed by atoms with van der Waals surface area (Å²) in [6.07, 6.45) is 5.32. The van der Waals surface area contributed by atoms with Crippen LogP contribution < -0.4 is 0 Å². The van der Waals surface area contributed by atoms with Gasteiger partial charge in [-0.15, -0.1) is 0 Å². The normalized spacial score (nSPS) is 21.2. The van der Waals surface area contributed by atoms with E-state index in [1.165, 1.54) is 5.56 Å². The van der Waals surface area contributed by atoms with E-state index < -0.39 is 0 Å². The van der Waals surface area contributed by atoms with E-state index in [1.807, 2.05) is 15.2 Å². The maximum atomic E-state index is 12.7. The first-order valence-electron chi connectivity index (χ1n) is 8.90. The van der Waals surface area contributed by atoms with Crippen LogP contribution >= 0.6 is 11.3 Å². The number of piperidine rings is 1. The van der Waals surface area contributed by atoms with Gasteiger partial charge in [-0.05, 0) is 48.1 Å². The molecule has 6 heteroatoms. The number of rotatable bonds is 7. The fourth-order valence-corrected chi connectivity index (χ4v) is 4.04. The van der Waals surface area contributed by atoms with Crippen LogP contribution in [-0.2, 0) is 20.9 Å². The summed E-state index contributed by atoms with van der Waals surface area (Å²) >= 11 is 1.65. The first kappa shape index (κ1) is 17.4. The van der Waals surface area contributed by atoms with Crippen molar-refractivity contribution in [3.63, 3.8) is 0 Å². The highest BCUT2D eigenvalue weighted by molar-refractivity contribution is 7.07. The Morgan fingerprint density at radius 1 is 1.38 bits per heavy atom. The van der Waals surface area contributed by atoms with Gasteiger partial charge in [0.2, 0.25) is 11.8 Å². The summed E-state index contributed by atoms with van der Waals surface area (Å²) in [6, 6.07) is 2.06. The standard InChI is InChI=1S/C18H26N2O3S/c21-17-5-1-2-8-19(17)9-6-18(22)20(12-15-7-11-24-14-15)13-16-4-3-10-23-16/h7,11,14,16H,1-6,8-10,12-13H2.